The molecule has 1 fully saturated rings. The van der Waals surface area contributed by atoms with E-state index in [0.717, 1.165) is 4.31 Å². The molecule has 1 aromatic rings. The first-order chi connectivity index (χ1) is 9.12. The monoisotopic (exact) mass is 391 g/mol. The third-order valence-electron chi connectivity index (χ3n) is 3.31. The second kappa shape index (κ2) is 5.58. The zero-order valence-electron chi connectivity index (χ0n) is 10.6. The normalized spacial score (nSPS) is 22.1. The molecule has 1 aliphatic heterocycles. The Morgan fingerprint density at radius 3 is 2.60 bits per heavy atom. The zero-order chi connectivity index (χ0) is 15.1. The van der Waals surface area contributed by atoms with Gasteiger partial charge < -0.3 is 0 Å². The van der Waals surface area contributed by atoms with Crippen molar-refractivity contribution in [1.82, 2.24) is 4.31 Å². The average molecular weight is 392 g/mol. The van der Waals surface area contributed by atoms with Crippen molar-refractivity contribution < 1.29 is 21.6 Å². The van der Waals surface area contributed by atoms with Crippen LogP contribution < -0.4 is 0 Å². The van der Waals surface area contributed by atoms with Crippen LogP contribution >= 0.6 is 27.3 Å². The molecule has 9 heteroatoms. The van der Waals surface area contributed by atoms with E-state index in [1.165, 1.54) is 17.4 Å². The van der Waals surface area contributed by atoms with E-state index in [-0.39, 0.29) is 24.3 Å². The van der Waals surface area contributed by atoms with Gasteiger partial charge in [0.15, 0.2) is 0 Å². The van der Waals surface area contributed by atoms with Crippen LogP contribution in [0.1, 0.15) is 17.7 Å². The maximum absolute atomic E-state index is 12.8. The highest BCUT2D eigenvalue weighted by molar-refractivity contribution is 9.11. The molecule has 2 rings (SSSR count). The van der Waals surface area contributed by atoms with Gasteiger partial charge in [0.1, 0.15) is 0 Å². The van der Waals surface area contributed by atoms with Crippen LogP contribution in [0.2, 0.25) is 0 Å². The predicted octanol–water partition coefficient (Wildman–Crippen LogP) is 3.78. The summed E-state index contributed by atoms with van der Waals surface area (Å²) in [5, 5.41) is 0. The summed E-state index contributed by atoms with van der Waals surface area (Å²) < 4.78 is 64.8. The van der Waals surface area contributed by atoms with E-state index in [1.54, 1.807) is 6.92 Å². The molecule has 20 heavy (non-hydrogen) atoms. The molecule has 1 aliphatic rings. The molecule has 0 aliphatic carbocycles. The van der Waals surface area contributed by atoms with Crippen LogP contribution in [0.3, 0.4) is 0 Å². The molecule has 0 spiro atoms. The molecule has 0 bridgehead atoms. The predicted molar refractivity (Wildman–Crippen MR) is 74.3 cm³/mol. The van der Waals surface area contributed by atoms with Crippen LogP contribution in [0.15, 0.2) is 14.7 Å². The fourth-order valence-electron chi connectivity index (χ4n) is 2.25. The van der Waals surface area contributed by atoms with E-state index < -0.39 is 28.7 Å². The second-order valence-electron chi connectivity index (χ2n) is 4.71. The molecule has 1 unspecified atom stereocenters. The molecule has 0 radical (unpaired) electrons. The van der Waals surface area contributed by atoms with Gasteiger partial charge in [0, 0.05) is 18.0 Å². The molecule has 114 valence electrons. The van der Waals surface area contributed by atoms with Crippen LogP contribution in [0.4, 0.5) is 13.2 Å². The number of hydrogen-bond donors (Lipinski definition) is 0. The number of hydrogen-bond acceptors (Lipinski definition) is 3. The third kappa shape index (κ3) is 3.20. The standard InChI is InChI=1S/C11H13BrF3NO2S2/c1-7-9(5-10(12)19-7)20(17,18)16-4-2-3-8(6-16)11(13,14)15/h5,8H,2-4,6H2,1H3. The van der Waals surface area contributed by atoms with Gasteiger partial charge in [-0.2, -0.15) is 17.5 Å². The zero-order valence-corrected chi connectivity index (χ0v) is 13.8. The minimum absolute atomic E-state index is 0.0121. The first kappa shape index (κ1) is 16.3. The topological polar surface area (TPSA) is 37.4 Å². The Balaban J connectivity index is 2.28. The minimum Gasteiger partial charge on any atom is -0.207 e. The molecule has 1 atom stereocenters. The summed E-state index contributed by atoms with van der Waals surface area (Å²) in [6.45, 7) is 1.30. The minimum atomic E-state index is -4.35. The van der Waals surface area contributed by atoms with Gasteiger partial charge in [-0.05, 0) is 41.8 Å². The van der Waals surface area contributed by atoms with Crippen molar-refractivity contribution in [2.75, 3.05) is 13.1 Å². The van der Waals surface area contributed by atoms with Crippen LogP contribution in [0.25, 0.3) is 0 Å². The lowest BCUT2D eigenvalue weighted by atomic mass is 9.99. The number of aryl methyl sites for hydroxylation is 1. The number of nitrogens with zero attached hydrogens (tertiary/aromatic N) is 1. The van der Waals surface area contributed by atoms with Gasteiger partial charge in [-0.3, -0.25) is 0 Å². The average Bonchev–Trinajstić information content (AvgIpc) is 2.68. The van der Waals surface area contributed by atoms with Gasteiger partial charge in [0.05, 0.1) is 14.6 Å². The van der Waals surface area contributed by atoms with Crippen molar-refractivity contribution in [1.29, 1.82) is 0 Å². The molecule has 3 nitrogen and oxygen atoms in total. The SMILES string of the molecule is Cc1sc(Br)cc1S(=O)(=O)N1CCCC(C(F)(F)F)C1. The van der Waals surface area contributed by atoms with E-state index >= 15 is 0 Å². The summed E-state index contributed by atoms with van der Waals surface area (Å²) in [6, 6.07) is 1.45. The Morgan fingerprint density at radius 2 is 2.10 bits per heavy atom. The molecule has 0 aromatic carbocycles. The quantitative estimate of drug-likeness (QED) is 0.768. The molecule has 2 heterocycles. The largest absolute Gasteiger partial charge is 0.393 e. The molecule has 0 N–H and O–H groups in total. The van der Waals surface area contributed by atoms with Crippen molar-refractivity contribution in [2.45, 2.75) is 30.8 Å². The van der Waals surface area contributed by atoms with Gasteiger partial charge in [0.25, 0.3) is 0 Å². The lowest BCUT2D eigenvalue weighted by molar-refractivity contribution is -0.182. The highest BCUT2D eigenvalue weighted by Gasteiger charge is 2.44. The molecule has 0 saturated carbocycles. The first-order valence-corrected chi connectivity index (χ1v) is 9.00. The maximum atomic E-state index is 12.8. The Labute approximate surface area is 128 Å². The fraction of sp³-hybridized carbons (Fsp3) is 0.636. The van der Waals surface area contributed by atoms with E-state index in [1.807, 2.05) is 0 Å². The summed E-state index contributed by atoms with van der Waals surface area (Å²) in [5.41, 5.74) is 0. The number of thiophene rings is 1. The molecule has 1 saturated heterocycles. The Kier molecular flexibility index (Phi) is 4.54. The van der Waals surface area contributed by atoms with Crippen molar-refractivity contribution in [2.24, 2.45) is 5.92 Å². The number of alkyl halides is 3. The van der Waals surface area contributed by atoms with Gasteiger partial charge in [0.2, 0.25) is 10.0 Å². The van der Waals surface area contributed by atoms with Crippen molar-refractivity contribution >= 4 is 37.3 Å². The summed E-state index contributed by atoms with van der Waals surface area (Å²) in [7, 11) is -3.85. The molecular formula is C11H13BrF3NO2S2. The van der Waals surface area contributed by atoms with E-state index in [0.29, 0.717) is 8.66 Å². The highest BCUT2D eigenvalue weighted by Crippen LogP contribution is 2.37. The lowest BCUT2D eigenvalue weighted by Crippen LogP contribution is -2.44. The number of rotatable bonds is 2. The van der Waals surface area contributed by atoms with Gasteiger partial charge in [-0.15, -0.1) is 11.3 Å². The highest BCUT2D eigenvalue weighted by atomic mass is 79.9. The number of piperidine rings is 1. The Bertz CT molecular complexity index is 597. The van der Waals surface area contributed by atoms with Crippen LogP contribution in [-0.4, -0.2) is 32.0 Å². The van der Waals surface area contributed by atoms with E-state index in [9.17, 15) is 21.6 Å². The van der Waals surface area contributed by atoms with Crippen LogP contribution in [-0.2, 0) is 10.0 Å². The molecule has 0 amide bonds. The summed E-state index contributed by atoms with van der Waals surface area (Å²) in [6.07, 6.45) is -4.13. The van der Waals surface area contributed by atoms with Crippen LogP contribution in [0, 0.1) is 12.8 Å². The maximum Gasteiger partial charge on any atom is 0.393 e. The Hall–Kier alpha value is -0.120. The summed E-state index contributed by atoms with van der Waals surface area (Å²) in [5.74, 6) is -1.58. The van der Waals surface area contributed by atoms with Gasteiger partial charge in [-0.1, -0.05) is 0 Å². The van der Waals surface area contributed by atoms with Crippen molar-refractivity contribution in [3.8, 4) is 0 Å². The number of sulfonamides is 1. The van der Waals surface area contributed by atoms with Crippen molar-refractivity contribution in [3.63, 3.8) is 0 Å². The van der Waals surface area contributed by atoms with Crippen LogP contribution in [0.5, 0.6) is 0 Å². The first-order valence-electron chi connectivity index (χ1n) is 5.95. The molecular weight excluding hydrogens is 379 g/mol. The van der Waals surface area contributed by atoms with Crippen molar-refractivity contribution in [3.05, 3.63) is 14.7 Å². The smallest absolute Gasteiger partial charge is 0.207 e. The lowest BCUT2D eigenvalue weighted by Gasteiger charge is -2.32. The summed E-state index contributed by atoms with van der Waals surface area (Å²) >= 11 is 4.45. The van der Waals surface area contributed by atoms with Gasteiger partial charge >= 0.3 is 6.18 Å². The van der Waals surface area contributed by atoms with Gasteiger partial charge in [-0.25, -0.2) is 8.42 Å². The van der Waals surface area contributed by atoms with E-state index in [4.69, 9.17) is 0 Å². The van der Waals surface area contributed by atoms with E-state index in [2.05, 4.69) is 15.9 Å². The Morgan fingerprint density at radius 1 is 1.45 bits per heavy atom. The molecule has 1 aromatic heterocycles. The summed E-state index contributed by atoms with van der Waals surface area (Å²) in [4.78, 5) is 0.670. The second-order valence-corrected chi connectivity index (χ2v) is 9.26. The fourth-order valence-corrected chi connectivity index (χ4v) is 6.16. The third-order valence-corrected chi connectivity index (χ3v) is 6.98. The number of halogens is 4.